The fraction of sp³-hybridized carbons (Fsp3) is 1.00. The topological polar surface area (TPSA) is 12.0 Å². The highest BCUT2D eigenvalue weighted by molar-refractivity contribution is 4.84. The zero-order valence-corrected chi connectivity index (χ0v) is 13.0. The Morgan fingerprint density at radius 2 is 1.72 bits per heavy atom. The number of hydrogen-bond acceptors (Lipinski definition) is 1. The fourth-order valence-corrected chi connectivity index (χ4v) is 3.56. The standard InChI is InChI=1S/C17H33N/c1-13(14-8-9-14)12-18-16-7-5-6-15(10-11-16)17(2,3)4/h13-16,18H,5-12H2,1-4H3. The average Bonchev–Trinajstić information content (AvgIpc) is 3.11. The van der Waals surface area contributed by atoms with Crippen molar-refractivity contribution < 1.29 is 0 Å². The lowest BCUT2D eigenvalue weighted by Gasteiger charge is -2.29. The fourth-order valence-electron chi connectivity index (χ4n) is 3.56. The highest BCUT2D eigenvalue weighted by Gasteiger charge is 2.30. The van der Waals surface area contributed by atoms with E-state index < -0.39 is 0 Å². The molecule has 2 fully saturated rings. The second-order valence-electron chi connectivity index (χ2n) is 7.99. The molecule has 106 valence electrons. The third-order valence-electron chi connectivity index (χ3n) is 5.35. The molecule has 18 heavy (non-hydrogen) atoms. The Morgan fingerprint density at radius 3 is 2.33 bits per heavy atom. The van der Waals surface area contributed by atoms with Gasteiger partial charge in [-0.05, 0) is 68.2 Å². The zero-order valence-electron chi connectivity index (χ0n) is 13.0. The summed E-state index contributed by atoms with van der Waals surface area (Å²) in [4.78, 5) is 0. The Morgan fingerprint density at radius 1 is 1.00 bits per heavy atom. The molecule has 2 rings (SSSR count). The lowest BCUT2D eigenvalue weighted by atomic mass is 9.76. The van der Waals surface area contributed by atoms with Gasteiger partial charge in [0.05, 0.1) is 0 Å². The molecule has 1 nitrogen and oxygen atoms in total. The van der Waals surface area contributed by atoms with E-state index in [1.165, 1.54) is 51.5 Å². The maximum Gasteiger partial charge on any atom is 0.00672 e. The Bertz CT molecular complexity index is 249. The summed E-state index contributed by atoms with van der Waals surface area (Å²) in [5.41, 5.74) is 0.510. The van der Waals surface area contributed by atoms with Gasteiger partial charge in [-0.15, -0.1) is 0 Å². The van der Waals surface area contributed by atoms with Crippen molar-refractivity contribution in [2.45, 2.75) is 78.7 Å². The summed E-state index contributed by atoms with van der Waals surface area (Å²) in [7, 11) is 0. The minimum Gasteiger partial charge on any atom is -0.314 e. The van der Waals surface area contributed by atoms with Crippen LogP contribution in [-0.4, -0.2) is 12.6 Å². The second-order valence-corrected chi connectivity index (χ2v) is 7.99. The van der Waals surface area contributed by atoms with Crippen molar-refractivity contribution in [2.75, 3.05) is 6.54 Å². The average molecular weight is 251 g/mol. The van der Waals surface area contributed by atoms with E-state index >= 15 is 0 Å². The minimum atomic E-state index is 0.510. The van der Waals surface area contributed by atoms with Crippen molar-refractivity contribution in [3.8, 4) is 0 Å². The molecule has 0 aromatic rings. The largest absolute Gasteiger partial charge is 0.314 e. The van der Waals surface area contributed by atoms with Crippen LogP contribution in [0.2, 0.25) is 0 Å². The maximum atomic E-state index is 3.85. The summed E-state index contributed by atoms with van der Waals surface area (Å²) in [6, 6.07) is 0.804. The molecule has 3 atom stereocenters. The monoisotopic (exact) mass is 251 g/mol. The van der Waals surface area contributed by atoms with Gasteiger partial charge in [0, 0.05) is 6.04 Å². The Kier molecular flexibility index (Phi) is 4.75. The van der Waals surface area contributed by atoms with E-state index in [4.69, 9.17) is 0 Å². The first-order valence-corrected chi connectivity index (χ1v) is 8.20. The van der Waals surface area contributed by atoms with Gasteiger partial charge in [-0.25, -0.2) is 0 Å². The van der Waals surface area contributed by atoms with Gasteiger partial charge in [0.2, 0.25) is 0 Å². The quantitative estimate of drug-likeness (QED) is 0.719. The van der Waals surface area contributed by atoms with Crippen LogP contribution in [0.5, 0.6) is 0 Å². The SMILES string of the molecule is CC(CNC1CCCC(C(C)(C)C)CC1)C1CC1. The van der Waals surface area contributed by atoms with Crippen molar-refractivity contribution >= 4 is 0 Å². The second kappa shape index (κ2) is 5.94. The molecule has 0 radical (unpaired) electrons. The van der Waals surface area contributed by atoms with E-state index in [0.717, 1.165) is 23.8 Å². The normalized spacial score (nSPS) is 32.0. The Hall–Kier alpha value is -0.0400. The smallest absolute Gasteiger partial charge is 0.00672 e. The summed E-state index contributed by atoms with van der Waals surface area (Å²) in [5.74, 6) is 2.89. The first-order chi connectivity index (χ1) is 8.47. The molecule has 0 spiro atoms. The van der Waals surface area contributed by atoms with Gasteiger partial charge in [0.25, 0.3) is 0 Å². The van der Waals surface area contributed by atoms with Crippen LogP contribution in [0.3, 0.4) is 0 Å². The molecule has 2 saturated carbocycles. The molecule has 0 aliphatic heterocycles. The van der Waals surface area contributed by atoms with Crippen LogP contribution in [0, 0.1) is 23.2 Å². The molecule has 0 heterocycles. The number of nitrogens with one attached hydrogen (secondary N) is 1. The third-order valence-corrected chi connectivity index (χ3v) is 5.35. The van der Waals surface area contributed by atoms with Gasteiger partial charge in [-0.3, -0.25) is 0 Å². The van der Waals surface area contributed by atoms with E-state index in [2.05, 4.69) is 33.0 Å². The molecule has 0 amide bonds. The maximum absolute atomic E-state index is 3.85. The van der Waals surface area contributed by atoms with Crippen molar-refractivity contribution in [3.63, 3.8) is 0 Å². The summed E-state index contributed by atoms with van der Waals surface area (Å²) < 4.78 is 0. The molecule has 0 saturated heterocycles. The van der Waals surface area contributed by atoms with E-state index in [1.807, 2.05) is 0 Å². The predicted molar refractivity (Wildman–Crippen MR) is 79.7 cm³/mol. The van der Waals surface area contributed by atoms with E-state index in [0.29, 0.717) is 5.41 Å². The van der Waals surface area contributed by atoms with Crippen LogP contribution < -0.4 is 5.32 Å². The molecular formula is C17H33N. The zero-order chi connectivity index (χ0) is 13.2. The van der Waals surface area contributed by atoms with Crippen LogP contribution in [-0.2, 0) is 0 Å². The third kappa shape index (κ3) is 4.26. The molecule has 3 unspecified atom stereocenters. The van der Waals surface area contributed by atoms with Crippen LogP contribution >= 0.6 is 0 Å². The van der Waals surface area contributed by atoms with E-state index in [-0.39, 0.29) is 0 Å². The van der Waals surface area contributed by atoms with Gasteiger partial charge < -0.3 is 5.32 Å². The van der Waals surface area contributed by atoms with Crippen molar-refractivity contribution in [1.82, 2.24) is 5.32 Å². The number of hydrogen-bond donors (Lipinski definition) is 1. The molecule has 0 aromatic heterocycles. The predicted octanol–water partition coefficient (Wildman–Crippen LogP) is 4.62. The van der Waals surface area contributed by atoms with Gasteiger partial charge in [0.1, 0.15) is 0 Å². The van der Waals surface area contributed by atoms with Crippen LogP contribution in [0.15, 0.2) is 0 Å². The first kappa shape index (κ1) is 14.4. The van der Waals surface area contributed by atoms with Gasteiger partial charge in [0.15, 0.2) is 0 Å². The molecule has 2 aliphatic rings. The van der Waals surface area contributed by atoms with Crippen molar-refractivity contribution in [2.24, 2.45) is 23.2 Å². The van der Waals surface area contributed by atoms with Crippen LogP contribution in [0.1, 0.15) is 72.6 Å². The van der Waals surface area contributed by atoms with Gasteiger partial charge in [-0.2, -0.15) is 0 Å². The lowest BCUT2D eigenvalue weighted by molar-refractivity contribution is 0.213. The Labute approximate surface area is 114 Å². The van der Waals surface area contributed by atoms with Crippen LogP contribution in [0.4, 0.5) is 0 Å². The lowest BCUT2D eigenvalue weighted by Crippen LogP contribution is -2.33. The first-order valence-electron chi connectivity index (χ1n) is 8.20. The van der Waals surface area contributed by atoms with E-state index in [1.54, 1.807) is 0 Å². The number of rotatable bonds is 4. The van der Waals surface area contributed by atoms with Gasteiger partial charge >= 0.3 is 0 Å². The highest BCUT2D eigenvalue weighted by atomic mass is 14.9. The molecule has 1 N–H and O–H groups in total. The Balaban J connectivity index is 1.71. The summed E-state index contributed by atoms with van der Waals surface area (Å²) >= 11 is 0. The molecule has 1 heteroatoms. The van der Waals surface area contributed by atoms with Crippen molar-refractivity contribution in [3.05, 3.63) is 0 Å². The van der Waals surface area contributed by atoms with Crippen molar-refractivity contribution in [1.29, 1.82) is 0 Å². The van der Waals surface area contributed by atoms with Gasteiger partial charge in [-0.1, -0.05) is 34.1 Å². The molecule has 0 bridgehead atoms. The summed E-state index contributed by atoms with van der Waals surface area (Å²) in [5, 5.41) is 3.85. The van der Waals surface area contributed by atoms with Crippen LogP contribution in [0.25, 0.3) is 0 Å². The molecule has 0 aromatic carbocycles. The summed E-state index contributed by atoms with van der Waals surface area (Å²) in [6.45, 7) is 10.9. The van der Waals surface area contributed by atoms with E-state index in [9.17, 15) is 0 Å². The summed E-state index contributed by atoms with van der Waals surface area (Å²) in [6.07, 6.45) is 10.1. The minimum absolute atomic E-state index is 0.510. The molecular weight excluding hydrogens is 218 g/mol. The molecule has 2 aliphatic carbocycles. The highest BCUT2D eigenvalue weighted by Crippen LogP contribution is 2.38.